The van der Waals surface area contributed by atoms with Gasteiger partial charge in [0.05, 0.1) is 17.8 Å². The fourth-order valence-electron chi connectivity index (χ4n) is 2.54. The van der Waals surface area contributed by atoms with Gasteiger partial charge in [0.2, 0.25) is 11.9 Å². The number of aliphatic carboxylic acids is 1. The smallest absolute Gasteiger partial charge is 0.304 e. The number of carbonyl (C=O) groups is 3. The summed E-state index contributed by atoms with van der Waals surface area (Å²) in [6, 6.07) is 0. The number of hydrogen-bond donors (Lipinski definition) is 4. The van der Waals surface area contributed by atoms with Crippen molar-refractivity contribution in [2.24, 2.45) is 4.99 Å². The zero-order valence-corrected chi connectivity index (χ0v) is 14.0. The molecule has 0 aromatic heterocycles. The normalized spacial score (nSPS) is 34.0. The van der Waals surface area contributed by atoms with Crippen molar-refractivity contribution in [3.63, 3.8) is 0 Å². The zero-order chi connectivity index (χ0) is 17.6. The summed E-state index contributed by atoms with van der Waals surface area (Å²) in [7, 11) is 0. The van der Waals surface area contributed by atoms with E-state index in [0.717, 1.165) is 28.4 Å². The Labute approximate surface area is 144 Å². The number of aliphatic hydroxyl groups is 1. The van der Waals surface area contributed by atoms with Gasteiger partial charge in [-0.1, -0.05) is 0 Å². The van der Waals surface area contributed by atoms with Crippen LogP contribution in [0, 0.1) is 5.41 Å². The lowest BCUT2D eigenvalue weighted by Gasteiger charge is -2.28. The number of hydrogen-bond acceptors (Lipinski definition) is 8. The average Bonchev–Trinajstić information content (AvgIpc) is 2.99. The molecule has 3 aliphatic rings. The van der Waals surface area contributed by atoms with E-state index in [9.17, 15) is 19.5 Å². The van der Waals surface area contributed by atoms with E-state index in [2.05, 4.69) is 10.3 Å². The molecule has 10 nitrogen and oxygen atoms in total. The van der Waals surface area contributed by atoms with Crippen molar-refractivity contribution in [1.29, 1.82) is 5.41 Å². The minimum absolute atomic E-state index is 0.0611. The Balaban J connectivity index is 1.92. The van der Waals surface area contributed by atoms with Crippen LogP contribution in [-0.4, -0.2) is 72.3 Å². The number of amides is 2. The minimum Gasteiger partial charge on any atom is -0.481 e. The van der Waals surface area contributed by atoms with Gasteiger partial charge >= 0.3 is 5.97 Å². The predicted octanol–water partition coefficient (Wildman–Crippen LogP) is -0.373. The molecule has 3 aliphatic heterocycles. The third-order valence-electron chi connectivity index (χ3n) is 3.53. The number of carboxylic acids is 1. The Morgan fingerprint density at radius 3 is 2.88 bits per heavy atom. The van der Waals surface area contributed by atoms with Gasteiger partial charge in [0.15, 0.2) is 11.5 Å². The average molecular weight is 374 g/mol. The molecule has 4 N–H and O–H groups in total. The SMILES string of the molecule is C[C@H](O)C1OC(N2C(=O)SC3C(=O)NC(=N)N=C32)C(CC(=O)O)S1. The molecule has 2 saturated heterocycles. The first-order valence-electron chi connectivity index (χ1n) is 6.96. The number of nitrogens with one attached hydrogen (secondary N) is 2. The molecule has 24 heavy (non-hydrogen) atoms. The van der Waals surface area contributed by atoms with Crippen LogP contribution < -0.4 is 5.32 Å². The molecule has 2 amide bonds. The highest BCUT2D eigenvalue weighted by atomic mass is 32.2. The Bertz CT molecular complexity index is 653. The summed E-state index contributed by atoms with van der Waals surface area (Å²) in [5, 5.41) is 26.5. The first-order chi connectivity index (χ1) is 11.3. The van der Waals surface area contributed by atoms with E-state index in [1.54, 1.807) is 0 Å². The molecule has 0 aliphatic carbocycles. The van der Waals surface area contributed by atoms with Crippen LogP contribution >= 0.6 is 23.5 Å². The van der Waals surface area contributed by atoms with Gasteiger partial charge in [-0.2, -0.15) is 4.99 Å². The lowest BCUT2D eigenvalue weighted by atomic mass is 10.2. The Hall–Kier alpha value is -1.63. The number of fused-ring (bicyclic) bond motifs is 1. The Kier molecular flexibility index (Phi) is 4.55. The summed E-state index contributed by atoms with van der Waals surface area (Å²) in [6.07, 6.45) is -2.13. The largest absolute Gasteiger partial charge is 0.481 e. The van der Waals surface area contributed by atoms with Gasteiger partial charge in [-0.3, -0.25) is 30.0 Å². The number of carbonyl (C=O) groups excluding carboxylic acids is 2. The quantitative estimate of drug-likeness (QED) is 0.520. The highest BCUT2D eigenvalue weighted by molar-refractivity contribution is 8.16. The number of carboxylic acid groups (broad SMARTS) is 1. The number of guanidine groups is 1. The Morgan fingerprint density at radius 2 is 2.25 bits per heavy atom. The molecule has 0 spiro atoms. The van der Waals surface area contributed by atoms with Gasteiger partial charge in [-0.05, 0) is 18.7 Å². The number of thioether (sulfide) groups is 2. The lowest BCUT2D eigenvalue weighted by Crippen LogP contribution is -2.52. The predicted molar refractivity (Wildman–Crippen MR) is 85.9 cm³/mol. The van der Waals surface area contributed by atoms with Gasteiger partial charge in [0.1, 0.15) is 11.3 Å². The van der Waals surface area contributed by atoms with E-state index in [1.165, 1.54) is 6.92 Å². The number of rotatable bonds is 4. The highest BCUT2D eigenvalue weighted by Gasteiger charge is 2.53. The number of aliphatic imine (C=N–C) groups is 1. The zero-order valence-electron chi connectivity index (χ0n) is 12.3. The molecule has 3 heterocycles. The molecular formula is C12H14N4O6S2. The summed E-state index contributed by atoms with van der Waals surface area (Å²) in [5.74, 6) is -1.93. The molecule has 12 heteroatoms. The number of aliphatic hydroxyl groups excluding tert-OH is 1. The fourth-order valence-corrected chi connectivity index (χ4v) is 4.80. The molecule has 4 unspecified atom stereocenters. The Morgan fingerprint density at radius 1 is 1.54 bits per heavy atom. The molecule has 130 valence electrons. The molecule has 0 saturated carbocycles. The van der Waals surface area contributed by atoms with Crippen LogP contribution in [0.3, 0.4) is 0 Å². The summed E-state index contributed by atoms with van der Waals surface area (Å²) in [6.45, 7) is 1.50. The van der Waals surface area contributed by atoms with E-state index in [-0.39, 0.29) is 18.2 Å². The van der Waals surface area contributed by atoms with Crippen molar-refractivity contribution in [2.45, 2.75) is 41.6 Å². The maximum Gasteiger partial charge on any atom is 0.304 e. The summed E-state index contributed by atoms with van der Waals surface area (Å²) in [4.78, 5) is 40.4. The monoisotopic (exact) mass is 374 g/mol. The number of ether oxygens (including phenoxy) is 1. The van der Waals surface area contributed by atoms with Gasteiger partial charge in [0.25, 0.3) is 5.24 Å². The maximum atomic E-state index is 12.3. The topological polar surface area (TPSA) is 152 Å². The third-order valence-corrected chi connectivity index (χ3v) is 6.11. The van der Waals surface area contributed by atoms with Crippen LogP contribution in [0.5, 0.6) is 0 Å². The summed E-state index contributed by atoms with van der Waals surface area (Å²) >= 11 is 1.85. The minimum atomic E-state index is -1.07. The van der Waals surface area contributed by atoms with Crippen molar-refractivity contribution in [3.05, 3.63) is 0 Å². The maximum absolute atomic E-state index is 12.3. The van der Waals surface area contributed by atoms with Gasteiger partial charge in [-0.15, -0.1) is 11.8 Å². The highest BCUT2D eigenvalue weighted by Crippen LogP contribution is 2.42. The van der Waals surface area contributed by atoms with E-state index in [4.69, 9.17) is 15.3 Å². The molecule has 0 aromatic rings. The molecule has 2 fully saturated rings. The molecule has 3 rings (SSSR count). The van der Waals surface area contributed by atoms with Gasteiger partial charge in [-0.25, -0.2) is 0 Å². The van der Waals surface area contributed by atoms with Crippen molar-refractivity contribution in [3.8, 4) is 0 Å². The molecular weight excluding hydrogens is 360 g/mol. The number of nitrogens with zero attached hydrogens (tertiary/aromatic N) is 2. The van der Waals surface area contributed by atoms with Crippen molar-refractivity contribution in [2.75, 3.05) is 0 Å². The first kappa shape index (κ1) is 17.2. The van der Waals surface area contributed by atoms with E-state index in [1.807, 2.05) is 0 Å². The molecule has 0 bridgehead atoms. The van der Waals surface area contributed by atoms with Crippen LogP contribution in [0.15, 0.2) is 4.99 Å². The van der Waals surface area contributed by atoms with Crippen LogP contribution in [0.1, 0.15) is 13.3 Å². The third kappa shape index (κ3) is 3.01. The lowest BCUT2D eigenvalue weighted by molar-refractivity contribution is -0.138. The molecule has 0 radical (unpaired) electrons. The van der Waals surface area contributed by atoms with Gasteiger partial charge in [0, 0.05) is 0 Å². The summed E-state index contributed by atoms with van der Waals surface area (Å²) < 4.78 is 5.67. The molecule has 5 atom stereocenters. The molecule has 0 aromatic carbocycles. The van der Waals surface area contributed by atoms with E-state index >= 15 is 0 Å². The second kappa shape index (κ2) is 6.35. The van der Waals surface area contributed by atoms with Gasteiger partial charge < -0.3 is 14.9 Å². The second-order valence-electron chi connectivity index (χ2n) is 5.35. The van der Waals surface area contributed by atoms with Crippen LogP contribution in [0.4, 0.5) is 4.79 Å². The van der Waals surface area contributed by atoms with Crippen molar-refractivity contribution in [1.82, 2.24) is 10.2 Å². The fraction of sp³-hybridized carbons (Fsp3) is 0.583. The van der Waals surface area contributed by atoms with Crippen LogP contribution in [0.2, 0.25) is 0 Å². The summed E-state index contributed by atoms with van der Waals surface area (Å²) in [5.41, 5.74) is -0.700. The van der Waals surface area contributed by atoms with Crippen molar-refractivity contribution >= 4 is 52.4 Å². The van der Waals surface area contributed by atoms with Crippen molar-refractivity contribution < 1.29 is 29.3 Å². The van der Waals surface area contributed by atoms with E-state index < -0.39 is 45.4 Å². The van der Waals surface area contributed by atoms with Crippen LogP contribution in [-0.2, 0) is 14.3 Å². The standard InChI is InChI=1S/C12H14N4O6S2/c1-3(17)10-22-9(4(23-10)2-5(18)19)16-7-6(24-12(16)21)8(20)15-11(13)14-7/h3-4,6,9-10,17H,2H2,1H3,(H,18,19)(H2,13,15,20)/t3-,4?,6?,9?,10?/m0/s1. The van der Waals surface area contributed by atoms with E-state index in [0.29, 0.717) is 0 Å². The van der Waals surface area contributed by atoms with Crippen LogP contribution in [0.25, 0.3) is 0 Å². The second-order valence-corrected chi connectivity index (χ2v) is 7.75. The number of amidine groups is 1. The first-order valence-corrected chi connectivity index (χ1v) is 8.79.